The molecule has 1 aliphatic rings. The maximum Gasteiger partial charge on any atom is 0.322 e. The molecule has 0 atom stereocenters. The van der Waals surface area contributed by atoms with Crippen LogP contribution in [0.4, 0.5) is 0 Å². The number of hydrogen-bond donors (Lipinski definition) is 2. The first-order chi connectivity index (χ1) is 7.43. The second-order valence-electron chi connectivity index (χ2n) is 4.13. The lowest BCUT2D eigenvalue weighted by molar-refractivity contribution is -0.137. The van der Waals surface area contributed by atoms with Gasteiger partial charge in [-0.3, -0.25) is 4.79 Å². The van der Waals surface area contributed by atoms with Crippen molar-refractivity contribution in [1.82, 2.24) is 4.72 Å². The van der Waals surface area contributed by atoms with Gasteiger partial charge in [-0.2, -0.15) is 0 Å². The van der Waals surface area contributed by atoms with Crippen molar-refractivity contribution < 1.29 is 17.9 Å². The van der Waals surface area contributed by atoms with E-state index in [0.717, 1.165) is 32.8 Å². The van der Waals surface area contributed by atoms with Crippen molar-refractivity contribution in [3.05, 3.63) is 0 Å². The number of rotatable bonds is 5. The Morgan fingerprint density at radius 2 is 2.00 bits per heavy atom. The van der Waals surface area contributed by atoms with E-state index in [0.29, 0.717) is 0 Å². The molecule has 1 aliphatic carbocycles. The van der Waals surface area contributed by atoms with Crippen molar-refractivity contribution in [2.24, 2.45) is 5.73 Å². The molecule has 0 amide bonds. The molecular weight excluding hydrogens is 232 g/mol. The molecule has 0 heterocycles. The second-order valence-corrected chi connectivity index (χ2v) is 5.85. The zero-order chi connectivity index (χ0) is 12.2. The van der Waals surface area contributed by atoms with Crippen molar-refractivity contribution in [2.45, 2.75) is 31.2 Å². The Morgan fingerprint density at radius 1 is 1.44 bits per heavy atom. The van der Waals surface area contributed by atoms with Crippen LogP contribution in [-0.4, -0.2) is 39.3 Å². The van der Waals surface area contributed by atoms with Gasteiger partial charge in [0.25, 0.3) is 0 Å². The molecule has 0 bridgehead atoms. The molecule has 0 unspecified atom stereocenters. The lowest BCUT2D eigenvalue weighted by Gasteiger charge is -2.27. The van der Waals surface area contributed by atoms with Crippen molar-refractivity contribution in [3.8, 4) is 0 Å². The molecule has 0 aromatic carbocycles. The van der Waals surface area contributed by atoms with Crippen LogP contribution < -0.4 is 10.5 Å². The zero-order valence-electron chi connectivity index (χ0n) is 9.36. The molecule has 3 N–H and O–H groups in total. The highest BCUT2D eigenvalue weighted by molar-refractivity contribution is 7.90. The van der Waals surface area contributed by atoms with Crippen molar-refractivity contribution in [1.29, 1.82) is 0 Å². The first-order valence-electron chi connectivity index (χ1n) is 5.22. The van der Waals surface area contributed by atoms with Gasteiger partial charge in [0.05, 0.1) is 7.11 Å². The number of sulfonamides is 1. The summed E-state index contributed by atoms with van der Waals surface area (Å²) >= 11 is 0. The molecule has 0 spiro atoms. The van der Waals surface area contributed by atoms with Crippen molar-refractivity contribution >= 4 is 16.0 Å². The molecule has 0 aromatic rings. The Hall–Kier alpha value is -0.660. The third-order valence-corrected chi connectivity index (χ3v) is 4.22. The lowest BCUT2D eigenvalue weighted by Crippen LogP contribution is -2.52. The number of methoxy groups -OCH3 is 1. The summed E-state index contributed by atoms with van der Waals surface area (Å²) in [6.45, 7) is 0.257. The fourth-order valence-corrected chi connectivity index (χ4v) is 3.43. The molecule has 1 saturated carbocycles. The molecule has 0 radical (unpaired) electrons. The Balaban J connectivity index is 2.67. The van der Waals surface area contributed by atoms with Gasteiger partial charge in [-0.1, -0.05) is 12.8 Å². The molecule has 0 aliphatic heterocycles. The second kappa shape index (κ2) is 5.11. The van der Waals surface area contributed by atoms with Crippen LogP contribution in [0.2, 0.25) is 0 Å². The van der Waals surface area contributed by atoms with Crippen molar-refractivity contribution in [2.75, 3.05) is 19.4 Å². The van der Waals surface area contributed by atoms with Crippen LogP contribution >= 0.6 is 0 Å². The van der Waals surface area contributed by atoms with Gasteiger partial charge in [-0.05, 0) is 12.8 Å². The molecule has 16 heavy (non-hydrogen) atoms. The smallest absolute Gasteiger partial charge is 0.322 e. The minimum absolute atomic E-state index is 0.257. The molecule has 1 fully saturated rings. The molecule has 94 valence electrons. The van der Waals surface area contributed by atoms with Gasteiger partial charge < -0.3 is 10.5 Å². The third-order valence-electron chi connectivity index (χ3n) is 2.86. The van der Waals surface area contributed by atoms with E-state index >= 15 is 0 Å². The number of carbonyl (C=O) groups excluding carboxylic acids is 1. The summed E-state index contributed by atoms with van der Waals surface area (Å²) < 4.78 is 30.2. The van der Waals surface area contributed by atoms with Crippen LogP contribution in [0.15, 0.2) is 0 Å². The molecule has 0 aromatic heterocycles. The highest BCUT2D eigenvalue weighted by atomic mass is 32.2. The minimum atomic E-state index is -3.65. The number of nitrogens with one attached hydrogen (secondary N) is 1. The Bertz CT molecular complexity index is 347. The first-order valence-corrected chi connectivity index (χ1v) is 6.87. The van der Waals surface area contributed by atoms with E-state index in [1.807, 2.05) is 0 Å². The number of hydrogen-bond acceptors (Lipinski definition) is 5. The van der Waals surface area contributed by atoms with Crippen LogP contribution in [-0.2, 0) is 19.6 Å². The van der Waals surface area contributed by atoms with E-state index < -0.39 is 27.3 Å². The SMILES string of the molecule is COC(=O)CS(=O)(=O)NC1(CN)CCCC1. The predicted molar refractivity (Wildman–Crippen MR) is 59.2 cm³/mol. The van der Waals surface area contributed by atoms with E-state index in [2.05, 4.69) is 9.46 Å². The fraction of sp³-hybridized carbons (Fsp3) is 0.889. The molecule has 1 rings (SSSR count). The number of esters is 1. The average Bonchev–Trinajstić information content (AvgIpc) is 2.65. The zero-order valence-corrected chi connectivity index (χ0v) is 10.2. The van der Waals surface area contributed by atoms with Gasteiger partial charge in [-0.15, -0.1) is 0 Å². The summed E-state index contributed by atoms with van der Waals surface area (Å²) in [5.41, 5.74) is 5.03. The van der Waals surface area contributed by atoms with E-state index in [4.69, 9.17) is 5.73 Å². The van der Waals surface area contributed by atoms with E-state index in [1.165, 1.54) is 0 Å². The van der Waals surface area contributed by atoms with Crippen LogP contribution in [0.5, 0.6) is 0 Å². The fourth-order valence-electron chi connectivity index (χ4n) is 1.98. The number of carbonyl (C=O) groups is 1. The first kappa shape index (κ1) is 13.4. The normalized spacial score (nSPS) is 19.6. The van der Waals surface area contributed by atoms with Gasteiger partial charge in [0.2, 0.25) is 10.0 Å². The summed E-state index contributed by atoms with van der Waals surface area (Å²) in [5.74, 6) is -1.41. The van der Waals surface area contributed by atoms with Gasteiger partial charge in [0.1, 0.15) is 0 Å². The average molecular weight is 250 g/mol. The Kier molecular flexibility index (Phi) is 4.28. The van der Waals surface area contributed by atoms with E-state index in [1.54, 1.807) is 0 Å². The highest BCUT2D eigenvalue weighted by Gasteiger charge is 2.36. The maximum atomic E-state index is 11.7. The lowest BCUT2D eigenvalue weighted by atomic mass is 10.0. The summed E-state index contributed by atoms with van der Waals surface area (Å²) in [5, 5.41) is 0. The summed E-state index contributed by atoms with van der Waals surface area (Å²) in [6, 6.07) is 0. The molecule has 0 saturated heterocycles. The van der Waals surface area contributed by atoms with Crippen LogP contribution in [0.25, 0.3) is 0 Å². The topological polar surface area (TPSA) is 98.5 Å². The maximum absolute atomic E-state index is 11.7. The summed E-state index contributed by atoms with van der Waals surface area (Å²) in [4.78, 5) is 10.9. The van der Waals surface area contributed by atoms with Crippen molar-refractivity contribution in [3.63, 3.8) is 0 Å². The molecule has 6 nitrogen and oxygen atoms in total. The Labute approximate surface area is 95.6 Å². The van der Waals surface area contributed by atoms with Crippen LogP contribution in [0.1, 0.15) is 25.7 Å². The summed E-state index contributed by atoms with van der Waals surface area (Å²) in [7, 11) is -2.49. The standard InChI is InChI=1S/C9H18N2O4S/c1-15-8(12)6-16(13,14)11-9(7-10)4-2-3-5-9/h11H,2-7,10H2,1H3. The van der Waals surface area contributed by atoms with Crippen LogP contribution in [0, 0.1) is 0 Å². The predicted octanol–water partition coefficient (Wildman–Crippen LogP) is -0.650. The van der Waals surface area contributed by atoms with Gasteiger partial charge in [-0.25, -0.2) is 13.1 Å². The molecule has 7 heteroatoms. The largest absolute Gasteiger partial charge is 0.468 e. The van der Waals surface area contributed by atoms with Gasteiger partial charge in [0.15, 0.2) is 5.75 Å². The number of ether oxygens (including phenoxy) is 1. The van der Waals surface area contributed by atoms with E-state index in [-0.39, 0.29) is 6.54 Å². The minimum Gasteiger partial charge on any atom is -0.468 e. The quantitative estimate of drug-likeness (QED) is 0.632. The third kappa shape index (κ3) is 3.43. The van der Waals surface area contributed by atoms with Crippen LogP contribution in [0.3, 0.4) is 0 Å². The van der Waals surface area contributed by atoms with Gasteiger partial charge >= 0.3 is 5.97 Å². The van der Waals surface area contributed by atoms with E-state index in [9.17, 15) is 13.2 Å². The van der Waals surface area contributed by atoms with Gasteiger partial charge in [0, 0.05) is 12.1 Å². The monoisotopic (exact) mass is 250 g/mol. The summed E-state index contributed by atoms with van der Waals surface area (Å²) in [6.07, 6.45) is 3.36. The number of nitrogens with two attached hydrogens (primary N) is 1. The highest BCUT2D eigenvalue weighted by Crippen LogP contribution is 2.29. The molecular formula is C9H18N2O4S. The Morgan fingerprint density at radius 3 is 2.44 bits per heavy atom.